The molecule has 4 rings (SSSR count). The van der Waals surface area contributed by atoms with Crippen LogP contribution in [-0.2, 0) is 0 Å². The van der Waals surface area contributed by atoms with Gasteiger partial charge < -0.3 is 0 Å². The molecule has 2 nitrogen and oxygen atoms in total. The van der Waals surface area contributed by atoms with Crippen LogP contribution in [0.1, 0.15) is 11.1 Å². The quantitative estimate of drug-likeness (QED) is 0.286. The predicted octanol–water partition coefficient (Wildman–Crippen LogP) is 8.16. The number of hydrogen-bond acceptors (Lipinski definition) is 2. The first-order valence-electron chi connectivity index (χ1n) is 9.47. The van der Waals surface area contributed by atoms with Crippen LogP contribution in [0.5, 0.6) is 0 Å². The highest BCUT2D eigenvalue weighted by Crippen LogP contribution is 2.34. The summed E-state index contributed by atoms with van der Waals surface area (Å²) in [5.74, 6) is 0. The van der Waals surface area contributed by atoms with Gasteiger partial charge in [-0.25, -0.2) is 0 Å². The zero-order valence-electron chi connectivity index (χ0n) is 16.0. The number of halogens is 2. The van der Waals surface area contributed by atoms with Gasteiger partial charge >= 0.3 is 0 Å². The Bertz CT molecular complexity index is 1100. The second-order valence-electron chi connectivity index (χ2n) is 6.67. The molecule has 146 valence electrons. The van der Waals surface area contributed by atoms with Crippen molar-refractivity contribution < 1.29 is 0 Å². The molecule has 0 N–H and O–H groups in total. The van der Waals surface area contributed by atoms with E-state index in [0.717, 1.165) is 33.6 Å². The molecule has 0 radical (unpaired) electrons. The molecular formula is C26H18Cl2N2. The summed E-state index contributed by atoms with van der Waals surface area (Å²) in [7, 11) is 0. The Balaban J connectivity index is 1.54. The molecule has 0 aromatic heterocycles. The first-order valence-corrected chi connectivity index (χ1v) is 10.2. The number of benzene rings is 4. The molecule has 0 amide bonds. The molecular weight excluding hydrogens is 411 g/mol. The van der Waals surface area contributed by atoms with E-state index in [1.165, 1.54) is 0 Å². The molecule has 0 atom stereocenters. The maximum atomic E-state index is 6.46. The lowest BCUT2D eigenvalue weighted by molar-refractivity contribution is 1.50. The Morgan fingerprint density at radius 2 is 0.900 bits per heavy atom. The van der Waals surface area contributed by atoms with Gasteiger partial charge in [0.25, 0.3) is 0 Å². The summed E-state index contributed by atoms with van der Waals surface area (Å²) in [6.45, 7) is 0. The second-order valence-corrected chi connectivity index (χ2v) is 7.48. The molecule has 0 fully saturated rings. The Labute approximate surface area is 186 Å². The van der Waals surface area contributed by atoms with Gasteiger partial charge in [-0.15, -0.1) is 0 Å². The van der Waals surface area contributed by atoms with E-state index >= 15 is 0 Å². The highest BCUT2D eigenvalue weighted by Gasteiger charge is 2.06. The second kappa shape index (κ2) is 9.53. The van der Waals surface area contributed by atoms with E-state index in [1.807, 2.05) is 97.1 Å². The van der Waals surface area contributed by atoms with Crippen LogP contribution < -0.4 is 0 Å². The van der Waals surface area contributed by atoms with Crippen LogP contribution >= 0.6 is 23.2 Å². The van der Waals surface area contributed by atoms with Crippen molar-refractivity contribution in [3.8, 4) is 11.1 Å². The third kappa shape index (κ3) is 5.04. The number of rotatable bonds is 5. The molecule has 0 aliphatic heterocycles. The van der Waals surface area contributed by atoms with Gasteiger partial charge in [-0.2, -0.15) is 0 Å². The minimum atomic E-state index is 0.585. The van der Waals surface area contributed by atoms with E-state index in [1.54, 1.807) is 12.4 Å². The summed E-state index contributed by atoms with van der Waals surface area (Å²) in [4.78, 5) is 8.99. The molecule has 30 heavy (non-hydrogen) atoms. The lowest BCUT2D eigenvalue weighted by Crippen LogP contribution is -1.82. The Hall–Kier alpha value is -3.20. The molecule has 0 unspecified atom stereocenters. The smallest absolute Gasteiger partial charge is 0.0816 e. The third-order valence-electron chi connectivity index (χ3n) is 4.53. The summed E-state index contributed by atoms with van der Waals surface area (Å²) in [5, 5.41) is 1.17. The van der Waals surface area contributed by atoms with Gasteiger partial charge in [0.2, 0.25) is 0 Å². The van der Waals surface area contributed by atoms with Crippen molar-refractivity contribution >= 4 is 47.0 Å². The fourth-order valence-electron chi connectivity index (χ4n) is 2.95. The summed E-state index contributed by atoms with van der Waals surface area (Å²) >= 11 is 12.9. The Kier molecular flexibility index (Phi) is 6.38. The van der Waals surface area contributed by atoms with Crippen molar-refractivity contribution in [3.05, 3.63) is 118 Å². The number of hydrogen-bond donors (Lipinski definition) is 0. The molecule has 0 saturated heterocycles. The summed E-state index contributed by atoms with van der Waals surface area (Å²) < 4.78 is 0. The lowest BCUT2D eigenvalue weighted by atomic mass is 10.0. The van der Waals surface area contributed by atoms with Gasteiger partial charge in [0, 0.05) is 12.4 Å². The monoisotopic (exact) mass is 428 g/mol. The molecule has 0 spiro atoms. The van der Waals surface area contributed by atoms with Gasteiger partial charge in [-0.05, 0) is 46.5 Å². The van der Waals surface area contributed by atoms with Crippen molar-refractivity contribution in [3.63, 3.8) is 0 Å². The zero-order chi connectivity index (χ0) is 20.8. The SMILES string of the molecule is Clc1cc(-c2ccc(/N=C/c3ccccc3)c(Cl)c2)ccc1/N=C/c1ccccc1. The molecule has 0 aliphatic carbocycles. The first-order chi connectivity index (χ1) is 14.7. The van der Waals surface area contributed by atoms with Crippen molar-refractivity contribution in [1.29, 1.82) is 0 Å². The fourth-order valence-corrected chi connectivity index (χ4v) is 3.41. The van der Waals surface area contributed by atoms with Crippen LogP contribution in [-0.4, -0.2) is 12.4 Å². The van der Waals surface area contributed by atoms with E-state index in [0.29, 0.717) is 10.0 Å². The van der Waals surface area contributed by atoms with Crippen LogP contribution in [0, 0.1) is 0 Å². The van der Waals surface area contributed by atoms with E-state index in [9.17, 15) is 0 Å². The Morgan fingerprint density at radius 1 is 0.500 bits per heavy atom. The van der Waals surface area contributed by atoms with Crippen LogP contribution in [0.3, 0.4) is 0 Å². The van der Waals surface area contributed by atoms with Crippen molar-refractivity contribution in [2.45, 2.75) is 0 Å². The van der Waals surface area contributed by atoms with E-state index in [4.69, 9.17) is 23.2 Å². The normalized spacial score (nSPS) is 11.4. The minimum absolute atomic E-state index is 0.585. The molecule has 4 heteroatoms. The molecule has 4 aromatic rings. The maximum Gasteiger partial charge on any atom is 0.0816 e. The number of aliphatic imine (C=N–C) groups is 2. The van der Waals surface area contributed by atoms with Crippen LogP contribution in [0.2, 0.25) is 10.0 Å². The average molecular weight is 429 g/mol. The predicted molar refractivity (Wildman–Crippen MR) is 129 cm³/mol. The van der Waals surface area contributed by atoms with Crippen molar-refractivity contribution in [2.75, 3.05) is 0 Å². The third-order valence-corrected chi connectivity index (χ3v) is 5.14. The summed E-state index contributed by atoms with van der Waals surface area (Å²) in [5.41, 5.74) is 5.43. The van der Waals surface area contributed by atoms with Crippen molar-refractivity contribution in [2.24, 2.45) is 9.98 Å². The van der Waals surface area contributed by atoms with E-state index in [2.05, 4.69) is 9.98 Å². The summed E-state index contributed by atoms with van der Waals surface area (Å²) in [6, 6.07) is 31.4. The van der Waals surface area contributed by atoms with Gasteiger partial charge in [-0.1, -0.05) is 96.0 Å². The topological polar surface area (TPSA) is 24.7 Å². The van der Waals surface area contributed by atoms with Gasteiger partial charge in [-0.3, -0.25) is 9.98 Å². The van der Waals surface area contributed by atoms with Gasteiger partial charge in [0.1, 0.15) is 0 Å². The fraction of sp³-hybridized carbons (Fsp3) is 0. The van der Waals surface area contributed by atoms with E-state index < -0.39 is 0 Å². The van der Waals surface area contributed by atoms with Crippen LogP contribution in [0.15, 0.2) is 107 Å². The van der Waals surface area contributed by atoms with Crippen molar-refractivity contribution in [1.82, 2.24) is 0 Å². The average Bonchev–Trinajstić information content (AvgIpc) is 2.79. The molecule has 0 heterocycles. The highest BCUT2D eigenvalue weighted by molar-refractivity contribution is 6.34. The van der Waals surface area contributed by atoms with Gasteiger partial charge in [0.05, 0.1) is 21.4 Å². The molecule has 0 aliphatic rings. The highest BCUT2D eigenvalue weighted by atomic mass is 35.5. The largest absolute Gasteiger partial charge is 0.255 e. The standard InChI is InChI=1S/C26H18Cl2N2/c27-23-15-21(11-13-25(23)29-17-19-7-3-1-4-8-19)22-12-14-26(24(28)16-22)30-18-20-9-5-2-6-10-20/h1-18H/b29-17+,30-18+. The zero-order valence-corrected chi connectivity index (χ0v) is 17.6. The first kappa shape index (κ1) is 20.1. The summed E-state index contributed by atoms with van der Waals surface area (Å²) in [6.07, 6.45) is 3.61. The Morgan fingerprint density at radius 3 is 1.27 bits per heavy atom. The molecule has 4 aromatic carbocycles. The maximum absolute atomic E-state index is 6.46. The van der Waals surface area contributed by atoms with Crippen LogP contribution in [0.4, 0.5) is 11.4 Å². The lowest BCUT2D eigenvalue weighted by Gasteiger charge is -2.07. The number of nitrogens with zero attached hydrogens (tertiary/aromatic N) is 2. The van der Waals surface area contributed by atoms with Crippen LogP contribution in [0.25, 0.3) is 11.1 Å². The van der Waals surface area contributed by atoms with E-state index in [-0.39, 0.29) is 0 Å². The molecule has 0 saturated carbocycles. The minimum Gasteiger partial charge on any atom is -0.255 e. The molecule has 0 bridgehead atoms. The van der Waals surface area contributed by atoms with Gasteiger partial charge in [0.15, 0.2) is 0 Å².